The van der Waals surface area contributed by atoms with Crippen molar-refractivity contribution in [3.63, 3.8) is 0 Å². The second-order valence-electron chi connectivity index (χ2n) is 7.51. The number of nitrogens with zero attached hydrogens (tertiary/aromatic N) is 3. The number of carbonyl (C=O) groups excluding carboxylic acids is 2. The molecule has 1 atom stereocenters. The van der Waals surface area contributed by atoms with Crippen molar-refractivity contribution in [2.45, 2.75) is 19.9 Å². The topological polar surface area (TPSA) is 130 Å². The van der Waals surface area contributed by atoms with Crippen LogP contribution in [0.2, 0.25) is 5.02 Å². The van der Waals surface area contributed by atoms with Gasteiger partial charge < -0.3 is 26.7 Å². The summed E-state index contributed by atoms with van der Waals surface area (Å²) in [5, 5.41) is 22.2. The van der Waals surface area contributed by atoms with Gasteiger partial charge in [0, 0.05) is 18.9 Å². The van der Waals surface area contributed by atoms with Crippen molar-refractivity contribution in [1.82, 2.24) is 15.3 Å². The molecule has 0 fully saturated rings. The molecule has 0 aliphatic rings. The fourth-order valence-electron chi connectivity index (χ4n) is 3.26. The van der Waals surface area contributed by atoms with E-state index >= 15 is 0 Å². The third-order valence-corrected chi connectivity index (χ3v) is 5.33. The summed E-state index contributed by atoms with van der Waals surface area (Å²) in [6, 6.07) is 11.4. The third-order valence-electron chi connectivity index (χ3n) is 5.11. The second kappa shape index (κ2) is 10.9. The molecule has 0 saturated carbocycles. The van der Waals surface area contributed by atoms with Gasteiger partial charge in [-0.05, 0) is 61.0 Å². The normalized spacial score (nSPS) is 11.4. The Morgan fingerprint density at radius 2 is 1.76 bits per heavy atom. The summed E-state index contributed by atoms with van der Waals surface area (Å²) in [6.07, 6.45) is 1.38. The molecule has 1 unspecified atom stereocenters. The summed E-state index contributed by atoms with van der Waals surface area (Å²) in [6.45, 7) is 3.31. The van der Waals surface area contributed by atoms with E-state index in [-0.39, 0.29) is 28.9 Å². The summed E-state index contributed by atoms with van der Waals surface area (Å²) < 4.78 is 0. The number of likely N-dealkylation sites (N-methyl/N-ethyl adjacent to an activating group) is 1. The van der Waals surface area contributed by atoms with E-state index < -0.39 is 11.9 Å². The quantitative estimate of drug-likeness (QED) is 0.362. The maximum absolute atomic E-state index is 12.7. The van der Waals surface area contributed by atoms with Crippen LogP contribution in [0.3, 0.4) is 0 Å². The van der Waals surface area contributed by atoms with Crippen LogP contribution in [0.15, 0.2) is 48.7 Å². The molecule has 34 heavy (non-hydrogen) atoms. The van der Waals surface area contributed by atoms with Crippen LogP contribution in [0, 0.1) is 0 Å². The third kappa shape index (κ3) is 5.75. The monoisotopic (exact) mass is 478 g/mol. The number of anilines is 3. The molecule has 0 saturated heterocycles. The fraction of sp³-hybridized carbons (Fsp3) is 0.208. The van der Waals surface area contributed by atoms with Crippen molar-refractivity contribution < 1.29 is 9.59 Å². The summed E-state index contributed by atoms with van der Waals surface area (Å²) in [4.78, 5) is 33.6. The molecule has 2 aromatic heterocycles. The predicted molar refractivity (Wildman–Crippen MR) is 137 cm³/mol. The number of amides is 2. The first-order valence-electron chi connectivity index (χ1n) is 10.5. The lowest BCUT2D eigenvalue weighted by molar-refractivity contribution is -0.117. The van der Waals surface area contributed by atoms with Crippen LogP contribution in [0.25, 0.3) is 16.5 Å². The number of pyridine rings is 2. The standard InChI is InChI=1S/C24H25ClN7O2/c1-13(26)22-17(6-5-7-18(22)28-4)15-10-20(31-23(33)14(2)27-3)30-21(11-15)32-24(34)19-9-8-16(25)12-29-19/h5-12,14,27-28H,1-4H3,(H2,30,31,32,33,34)/q-1. The molecule has 0 aliphatic heterocycles. The number of carbonyl (C=O) groups is 2. The second-order valence-corrected chi connectivity index (χ2v) is 7.94. The van der Waals surface area contributed by atoms with Crippen LogP contribution >= 0.6 is 11.6 Å². The van der Waals surface area contributed by atoms with Crippen LogP contribution in [-0.4, -0.2) is 47.6 Å². The number of hydrogen-bond donors (Lipinski definition) is 4. The minimum absolute atomic E-state index is 0.113. The van der Waals surface area contributed by atoms with Gasteiger partial charge in [-0.1, -0.05) is 30.7 Å². The maximum atomic E-state index is 12.7. The van der Waals surface area contributed by atoms with Crippen molar-refractivity contribution in [1.29, 1.82) is 0 Å². The number of hydrogen-bond acceptors (Lipinski definition) is 6. The molecule has 0 radical (unpaired) electrons. The summed E-state index contributed by atoms with van der Waals surface area (Å²) in [7, 11) is 3.43. The number of benzene rings is 1. The molecule has 1 aromatic carbocycles. The van der Waals surface area contributed by atoms with Gasteiger partial charge in [0.05, 0.1) is 11.1 Å². The van der Waals surface area contributed by atoms with Crippen LogP contribution in [-0.2, 0) is 4.79 Å². The molecule has 3 aromatic rings. The van der Waals surface area contributed by atoms with E-state index in [1.807, 2.05) is 18.2 Å². The molecule has 0 aliphatic carbocycles. The summed E-state index contributed by atoms with van der Waals surface area (Å²) in [5.41, 5.74) is 2.90. The number of rotatable bonds is 8. The highest BCUT2D eigenvalue weighted by Crippen LogP contribution is 2.32. The van der Waals surface area contributed by atoms with Gasteiger partial charge in [-0.2, -0.15) is 5.71 Å². The zero-order valence-corrected chi connectivity index (χ0v) is 20.0. The largest absolute Gasteiger partial charge is 0.807 e. The Labute approximate surface area is 202 Å². The minimum Gasteiger partial charge on any atom is -0.807 e. The fourth-order valence-corrected chi connectivity index (χ4v) is 3.37. The van der Waals surface area contributed by atoms with Crippen LogP contribution < -0.4 is 21.3 Å². The molecule has 0 bridgehead atoms. The lowest BCUT2D eigenvalue weighted by Crippen LogP contribution is -2.35. The van der Waals surface area contributed by atoms with Crippen LogP contribution in [0.1, 0.15) is 29.9 Å². The Bertz CT molecular complexity index is 1230. The van der Waals surface area contributed by atoms with Crippen molar-refractivity contribution in [3.8, 4) is 11.1 Å². The van der Waals surface area contributed by atoms with E-state index in [1.54, 1.807) is 46.1 Å². The van der Waals surface area contributed by atoms with E-state index in [2.05, 4.69) is 31.2 Å². The van der Waals surface area contributed by atoms with Gasteiger partial charge >= 0.3 is 0 Å². The van der Waals surface area contributed by atoms with Gasteiger partial charge in [0.2, 0.25) is 5.91 Å². The number of halogens is 1. The minimum atomic E-state index is -0.490. The molecule has 10 heteroatoms. The molecule has 9 nitrogen and oxygen atoms in total. The Kier molecular flexibility index (Phi) is 7.93. The van der Waals surface area contributed by atoms with Crippen molar-refractivity contribution >= 4 is 46.5 Å². The summed E-state index contributed by atoms with van der Waals surface area (Å²) >= 11 is 5.86. The molecule has 2 heterocycles. The van der Waals surface area contributed by atoms with Gasteiger partial charge in [0.15, 0.2) is 0 Å². The highest BCUT2D eigenvalue weighted by Gasteiger charge is 2.16. The van der Waals surface area contributed by atoms with Crippen LogP contribution in [0.4, 0.5) is 17.3 Å². The first-order valence-corrected chi connectivity index (χ1v) is 10.9. The van der Waals surface area contributed by atoms with Crippen molar-refractivity contribution in [2.75, 3.05) is 30.0 Å². The zero-order valence-electron chi connectivity index (χ0n) is 19.2. The highest BCUT2D eigenvalue weighted by atomic mass is 35.5. The van der Waals surface area contributed by atoms with Crippen LogP contribution in [0.5, 0.6) is 0 Å². The molecule has 0 spiro atoms. The van der Waals surface area contributed by atoms with Crippen molar-refractivity contribution in [2.24, 2.45) is 0 Å². The maximum Gasteiger partial charge on any atom is 0.275 e. The Balaban J connectivity index is 2.08. The van der Waals surface area contributed by atoms with Crippen molar-refractivity contribution in [3.05, 3.63) is 70.4 Å². The molecule has 3 rings (SSSR count). The molecule has 4 N–H and O–H groups in total. The van der Waals surface area contributed by atoms with Gasteiger partial charge in [-0.25, -0.2) is 9.97 Å². The van der Waals surface area contributed by atoms with E-state index in [0.717, 1.165) is 5.69 Å². The Hall–Kier alpha value is -3.82. The van der Waals surface area contributed by atoms with Gasteiger partial charge in [0.1, 0.15) is 17.3 Å². The SMILES string of the molecule is CNc1cccc(-c2cc(NC(=O)c3ccc(Cl)cn3)nc(NC(=O)C(C)NC)c2)c1C(C)=[N-]. The van der Waals surface area contributed by atoms with E-state index in [1.165, 1.54) is 12.3 Å². The Morgan fingerprint density at radius 1 is 1.06 bits per heavy atom. The highest BCUT2D eigenvalue weighted by molar-refractivity contribution is 6.30. The number of aromatic nitrogens is 2. The van der Waals surface area contributed by atoms with Gasteiger partial charge in [-0.3, -0.25) is 9.59 Å². The molecule has 176 valence electrons. The summed E-state index contributed by atoms with van der Waals surface area (Å²) in [5.74, 6) is -0.349. The molecular formula is C24H25ClN7O2-. The lowest BCUT2D eigenvalue weighted by atomic mass is 9.95. The van der Waals surface area contributed by atoms with E-state index in [0.29, 0.717) is 21.7 Å². The zero-order chi connectivity index (χ0) is 24.8. The van der Waals surface area contributed by atoms with Gasteiger partial charge in [-0.15, -0.1) is 0 Å². The smallest absolute Gasteiger partial charge is 0.275 e. The lowest BCUT2D eigenvalue weighted by Gasteiger charge is -2.20. The first-order chi connectivity index (χ1) is 16.2. The number of nitrogens with one attached hydrogen (secondary N) is 4. The van der Waals surface area contributed by atoms with Gasteiger partial charge in [0.25, 0.3) is 5.91 Å². The van der Waals surface area contributed by atoms with E-state index in [9.17, 15) is 15.0 Å². The average Bonchev–Trinajstić information content (AvgIpc) is 2.82. The Morgan fingerprint density at radius 3 is 2.35 bits per heavy atom. The molecular weight excluding hydrogens is 454 g/mol. The molecule has 2 amide bonds. The average molecular weight is 479 g/mol. The predicted octanol–water partition coefficient (Wildman–Crippen LogP) is 4.02. The van der Waals surface area contributed by atoms with E-state index in [4.69, 9.17) is 11.6 Å². The first kappa shape index (κ1) is 24.8.